The Hall–Kier alpha value is -3.14. The third-order valence-electron chi connectivity index (χ3n) is 5.81. The molecular formula is C27H31N3O. The number of furan rings is 1. The van der Waals surface area contributed by atoms with Crippen molar-refractivity contribution in [3.8, 4) is 11.3 Å². The minimum absolute atomic E-state index is 0.409. The molecule has 0 radical (unpaired) electrons. The molecule has 160 valence electrons. The first-order chi connectivity index (χ1) is 14.9. The Kier molecular flexibility index (Phi) is 5.81. The van der Waals surface area contributed by atoms with Gasteiger partial charge in [-0.05, 0) is 29.0 Å². The Labute approximate surface area is 184 Å². The predicted octanol–water partition coefficient (Wildman–Crippen LogP) is 7.39. The van der Waals surface area contributed by atoms with Crippen LogP contribution in [-0.2, 0) is 13.5 Å². The summed E-state index contributed by atoms with van der Waals surface area (Å²) in [6, 6.07) is 14.7. The van der Waals surface area contributed by atoms with E-state index in [0.29, 0.717) is 11.8 Å². The number of aromatic nitrogens is 2. The first kappa shape index (κ1) is 21.1. The lowest BCUT2D eigenvalue weighted by atomic mass is 9.93. The average molecular weight is 414 g/mol. The van der Waals surface area contributed by atoms with Gasteiger partial charge >= 0.3 is 0 Å². The summed E-state index contributed by atoms with van der Waals surface area (Å²) in [5.41, 5.74) is 6.52. The molecule has 2 aromatic carbocycles. The van der Waals surface area contributed by atoms with E-state index >= 15 is 0 Å². The number of aryl methyl sites for hydroxylation is 2. The maximum absolute atomic E-state index is 6.08. The van der Waals surface area contributed by atoms with E-state index in [1.165, 1.54) is 11.1 Å². The van der Waals surface area contributed by atoms with Crippen LogP contribution in [0, 0.1) is 0 Å². The molecule has 0 aliphatic rings. The number of benzene rings is 2. The molecule has 0 atom stereocenters. The van der Waals surface area contributed by atoms with Crippen LogP contribution in [0.4, 0.5) is 5.69 Å². The highest BCUT2D eigenvalue weighted by Crippen LogP contribution is 2.36. The third-order valence-corrected chi connectivity index (χ3v) is 5.81. The Bertz CT molecular complexity index is 1210. The number of aliphatic imine (C=N–C) groups is 1. The van der Waals surface area contributed by atoms with Gasteiger partial charge in [0.2, 0.25) is 0 Å². The van der Waals surface area contributed by atoms with Crippen LogP contribution in [0.15, 0.2) is 58.1 Å². The molecule has 4 rings (SSSR count). The molecule has 0 N–H and O–H groups in total. The van der Waals surface area contributed by atoms with Crippen molar-refractivity contribution >= 4 is 22.9 Å². The molecule has 0 spiro atoms. The topological polar surface area (TPSA) is 43.3 Å². The van der Waals surface area contributed by atoms with E-state index in [0.717, 1.165) is 45.9 Å². The Morgan fingerprint density at radius 3 is 2.32 bits per heavy atom. The van der Waals surface area contributed by atoms with Gasteiger partial charge in [-0.1, -0.05) is 71.0 Å². The molecule has 2 aromatic heterocycles. The van der Waals surface area contributed by atoms with Crippen molar-refractivity contribution in [2.24, 2.45) is 12.0 Å². The van der Waals surface area contributed by atoms with Crippen LogP contribution in [0.3, 0.4) is 0 Å². The molecule has 0 saturated heterocycles. The zero-order valence-electron chi connectivity index (χ0n) is 19.3. The highest BCUT2D eigenvalue weighted by molar-refractivity contribution is 5.95. The van der Waals surface area contributed by atoms with Crippen LogP contribution >= 0.6 is 0 Å². The molecule has 4 heteroatoms. The molecule has 0 amide bonds. The highest BCUT2D eigenvalue weighted by atomic mass is 16.3. The first-order valence-corrected chi connectivity index (χ1v) is 11.1. The van der Waals surface area contributed by atoms with Crippen molar-refractivity contribution in [2.75, 3.05) is 0 Å². The SMILES string of the molecule is CCc1oc2ccccc2c1-c1cn(C)c(C=Nc2c(C(C)C)cccc2C(C)C)n1. The van der Waals surface area contributed by atoms with Crippen LogP contribution in [0.5, 0.6) is 0 Å². The highest BCUT2D eigenvalue weighted by Gasteiger charge is 2.18. The van der Waals surface area contributed by atoms with Gasteiger partial charge in [0.1, 0.15) is 11.3 Å². The lowest BCUT2D eigenvalue weighted by Gasteiger charge is -2.16. The fraction of sp³-hybridized carbons (Fsp3) is 0.333. The Morgan fingerprint density at radius 2 is 1.68 bits per heavy atom. The monoisotopic (exact) mass is 413 g/mol. The molecule has 0 aliphatic carbocycles. The van der Waals surface area contributed by atoms with Gasteiger partial charge in [-0.3, -0.25) is 4.99 Å². The van der Waals surface area contributed by atoms with Gasteiger partial charge in [-0.25, -0.2) is 4.98 Å². The van der Waals surface area contributed by atoms with Gasteiger partial charge in [0.25, 0.3) is 0 Å². The smallest absolute Gasteiger partial charge is 0.151 e. The van der Waals surface area contributed by atoms with E-state index in [1.54, 1.807) is 0 Å². The molecule has 0 bridgehead atoms. The van der Waals surface area contributed by atoms with Gasteiger partial charge < -0.3 is 8.98 Å². The zero-order valence-corrected chi connectivity index (χ0v) is 19.3. The summed E-state index contributed by atoms with van der Waals surface area (Å²) in [7, 11) is 2.02. The summed E-state index contributed by atoms with van der Waals surface area (Å²) in [6.07, 6.45) is 4.78. The second-order valence-electron chi connectivity index (χ2n) is 8.70. The van der Waals surface area contributed by atoms with E-state index in [2.05, 4.69) is 65.1 Å². The number of rotatable bonds is 6. The van der Waals surface area contributed by atoms with E-state index in [9.17, 15) is 0 Å². The van der Waals surface area contributed by atoms with E-state index in [4.69, 9.17) is 14.4 Å². The average Bonchev–Trinajstić information content (AvgIpc) is 3.31. The van der Waals surface area contributed by atoms with Gasteiger partial charge in [0.15, 0.2) is 5.82 Å². The minimum atomic E-state index is 0.409. The summed E-state index contributed by atoms with van der Waals surface area (Å²) in [4.78, 5) is 9.88. The quantitative estimate of drug-likeness (QED) is 0.309. The van der Waals surface area contributed by atoms with Crippen LogP contribution in [-0.4, -0.2) is 15.8 Å². The Balaban J connectivity index is 1.79. The summed E-state index contributed by atoms with van der Waals surface area (Å²) in [6.45, 7) is 11.0. The second kappa shape index (κ2) is 8.54. The van der Waals surface area contributed by atoms with Crippen LogP contribution < -0.4 is 0 Å². The molecule has 0 aliphatic heterocycles. The van der Waals surface area contributed by atoms with Gasteiger partial charge in [-0.2, -0.15) is 0 Å². The van der Waals surface area contributed by atoms with Crippen LogP contribution in [0.25, 0.3) is 22.2 Å². The van der Waals surface area contributed by atoms with Crippen molar-refractivity contribution in [3.05, 3.63) is 71.4 Å². The van der Waals surface area contributed by atoms with Crippen molar-refractivity contribution in [2.45, 2.75) is 52.9 Å². The minimum Gasteiger partial charge on any atom is -0.460 e. The van der Waals surface area contributed by atoms with Gasteiger partial charge in [0.05, 0.1) is 23.2 Å². The molecule has 0 fully saturated rings. The van der Waals surface area contributed by atoms with Crippen molar-refractivity contribution < 1.29 is 4.42 Å². The number of imidazole rings is 1. The van der Waals surface area contributed by atoms with Crippen LogP contribution in [0.2, 0.25) is 0 Å². The molecule has 0 saturated carbocycles. The number of hydrogen-bond donors (Lipinski definition) is 0. The Morgan fingerprint density at radius 1 is 1.00 bits per heavy atom. The number of hydrogen-bond acceptors (Lipinski definition) is 3. The predicted molar refractivity (Wildman–Crippen MR) is 130 cm³/mol. The van der Waals surface area contributed by atoms with Crippen molar-refractivity contribution in [1.82, 2.24) is 9.55 Å². The molecule has 4 aromatic rings. The maximum Gasteiger partial charge on any atom is 0.151 e. The normalized spacial score (nSPS) is 12.1. The zero-order chi connectivity index (χ0) is 22.1. The largest absolute Gasteiger partial charge is 0.460 e. The van der Waals surface area contributed by atoms with E-state index in [1.807, 2.05) is 36.0 Å². The molecule has 4 nitrogen and oxygen atoms in total. The number of para-hydroxylation sites is 2. The maximum atomic E-state index is 6.08. The lowest BCUT2D eigenvalue weighted by Crippen LogP contribution is -1.98. The molecule has 31 heavy (non-hydrogen) atoms. The molecule has 0 unspecified atom stereocenters. The molecular weight excluding hydrogens is 382 g/mol. The van der Waals surface area contributed by atoms with E-state index in [-0.39, 0.29) is 0 Å². The summed E-state index contributed by atoms with van der Waals surface area (Å²) < 4.78 is 8.12. The number of nitrogens with zero attached hydrogens (tertiary/aromatic N) is 3. The standard InChI is InChI=1S/C27H31N3O/c1-7-23-26(21-11-8-9-14-24(21)31-23)22-16-30(6)25(29-22)15-28-27-19(17(2)3)12-10-13-20(27)18(4)5/h8-18H,7H2,1-6H3. The third kappa shape index (κ3) is 3.95. The van der Waals surface area contributed by atoms with Crippen molar-refractivity contribution in [3.63, 3.8) is 0 Å². The summed E-state index contributed by atoms with van der Waals surface area (Å²) in [5, 5.41) is 1.10. The second-order valence-corrected chi connectivity index (χ2v) is 8.70. The lowest BCUT2D eigenvalue weighted by molar-refractivity contribution is 0.558. The van der Waals surface area contributed by atoms with E-state index < -0.39 is 0 Å². The van der Waals surface area contributed by atoms with Gasteiger partial charge in [-0.15, -0.1) is 0 Å². The fourth-order valence-electron chi connectivity index (χ4n) is 4.13. The number of fused-ring (bicyclic) bond motifs is 1. The van der Waals surface area contributed by atoms with Gasteiger partial charge in [0, 0.05) is 25.1 Å². The fourth-order valence-corrected chi connectivity index (χ4v) is 4.13. The van der Waals surface area contributed by atoms with Crippen molar-refractivity contribution in [1.29, 1.82) is 0 Å². The summed E-state index contributed by atoms with van der Waals surface area (Å²) in [5.74, 6) is 2.62. The molecule has 2 heterocycles. The summed E-state index contributed by atoms with van der Waals surface area (Å²) >= 11 is 0. The van der Waals surface area contributed by atoms with Crippen LogP contribution in [0.1, 0.15) is 69.2 Å². The first-order valence-electron chi connectivity index (χ1n) is 11.1.